The number of hydrogen-bond donors (Lipinski definition) is 1. The lowest BCUT2D eigenvalue weighted by Gasteiger charge is -2.30. The molecule has 0 aromatic carbocycles. The van der Waals surface area contributed by atoms with Crippen molar-refractivity contribution in [1.29, 1.82) is 0 Å². The van der Waals surface area contributed by atoms with E-state index in [1.54, 1.807) is 4.52 Å². The highest BCUT2D eigenvalue weighted by atomic mass is 16.3. The van der Waals surface area contributed by atoms with Crippen molar-refractivity contribution in [2.45, 2.75) is 38.6 Å². The molecular formula is C13H19N5O. The zero-order valence-electron chi connectivity index (χ0n) is 11.2. The number of aromatic nitrogens is 4. The van der Waals surface area contributed by atoms with Crippen molar-refractivity contribution in [2.24, 2.45) is 0 Å². The molecule has 0 spiro atoms. The fourth-order valence-corrected chi connectivity index (χ4v) is 2.78. The second kappa shape index (κ2) is 5.13. The largest absolute Gasteiger partial charge is 0.394 e. The predicted octanol–water partition coefficient (Wildman–Crippen LogP) is 1.17. The topological polar surface area (TPSA) is 66.5 Å². The van der Waals surface area contributed by atoms with E-state index in [1.165, 1.54) is 19.2 Å². The van der Waals surface area contributed by atoms with Gasteiger partial charge in [0.15, 0.2) is 0 Å². The predicted molar refractivity (Wildman–Crippen MR) is 72.2 cm³/mol. The van der Waals surface area contributed by atoms with Gasteiger partial charge in [-0.2, -0.15) is 14.6 Å². The molecule has 1 aliphatic rings. The first-order valence-electron chi connectivity index (χ1n) is 6.84. The molecule has 6 heteroatoms. The van der Waals surface area contributed by atoms with E-state index < -0.39 is 0 Å². The lowest BCUT2D eigenvalue weighted by Crippen LogP contribution is -2.39. The van der Waals surface area contributed by atoms with Crippen molar-refractivity contribution in [1.82, 2.24) is 19.6 Å². The van der Waals surface area contributed by atoms with Gasteiger partial charge < -0.3 is 10.0 Å². The van der Waals surface area contributed by atoms with Gasteiger partial charge in [-0.05, 0) is 19.8 Å². The van der Waals surface area contributed by atoms with Gasteiger partial charge in [0.2, 0.25) is 0 Å². The van der Waals surface area contributed by atoms with Gasteiger partial charge >= 0.3 is 0 Å². The van der Waals surface area contributed by atoms with Crippen LogP contribution in [0.15, 0.2) is 12.4 Å². The maximum absolute atomic E-state index is 9.64. The molecule has 1 fully saturated rings. The van der Waals surface area contributed by atoms with E-state index in [9.17, 15) is 5.11 Å². The molecule has 3 rings (SSSR count). The smallest absolute Gasteiger partial charge is 0.254 e. The van der Waals surface area contributed by atoms with Crippen LogP contribution in [-0.4, -0.2) is 43.9 Å². The minimum atomic E-state index is 0.164. The number of aliphatic hydroxyl groups is 1. The summed E-state index contributed by atoms with van der Waals surface area (Å²) in [5.74, 6) is 1.61. The highest BCUT2D eigenvalue weighted by Crippen LogP contribution is 2.24. The highest BCUT2D eigenvalue weighted by molar-refractivity contribution is 5.48. The summed E-state index contributed by atoms with van der Waals surface area (Å²) in [4.78, 5) is 10.8. The summed E-state index contributed by atoms with van der Waals surface area (Å²) >= 11 is 0. The molecule has 1 atom stereocenters. The van der Waals surface area contributed by atoms with Gasteiger partial charge in [0.1, 0.15) is 12.1 Å². The van der Waals surface area contributed by atoms with Crippen molar-refractivity contribution < 1.29 is 5.11 Å². The van der Waals surface area contributed by atoms with Crippen molar-refractivity contribution in [3.8, 4) is 0 Å². The van der Waals surface area contributed by atoms with Gasteiger partial charge in [-0.25, -0.2) is 4.98 Å². The molecule has 1 unspecified atom stereocenters. The van der Waals surface area contributed by atoms with Crippen LogP contribution in [0.25, 0.3) is 5.78 Å². The standard InChI is InChI=1S/C13H19N5O/c1-10-7-12(18-13(16-10)14-9-15-18)17-6-4-2-3-5-11(17)8-19/h7,9,11,19H,2-6,8H2,1H3. The Labute approximate surface area is 112 Å². The van der Waals surface area contributed by atoms with Gasteiger partial charge in [-0.15, -0.1) is 0 Å². The van der Waals surface area contributed by atoms with Crippen molar-refractivity contribution in [2.75, 3.05) is 18.1 Å². The molecule has 1 N–H and O–H groups in total. The molecule has 6 nitrogen and oxygen atoms in total. The Balaban J connectivity index is 2.07. The number of hydrogen-bond acceptors (Lipinski definition) is 5. The first kappa shape index (κ1) is 12.3. The van der Waals surface area contributed by atoms with Crippen LogP contribution in [0.2, 0.25) is 0 Å². The number of fused-ring (bicyclic) bond motifs is 1. The number of nitrogens with zero attached hydrogens (tertiary/aromatic N) is 5. The molecule has 3 heterocycles. The summed E-state index contributed by atoms with van der Waals surface area (Å²) in [5.41, 5.74) is 0.927. The molecule has 0 radical (unpaired) electrons. The maximum Gasteiger partial charge on any atom is 0.254 e. The van der Waals surface area contributed by atoms with Gasteiger partial charge in [0, 0.05) is 18.3 Å². The third kappa shape index (κ3) is 2.28. The molecular weight excluding hydrogens is 242 g/mol. The van der Waals surface area contributed by atoms with Crippen LogP contribution in [0.1, 0.15) is 31.4 Å². The summed E-state index contributed by atoms with van der Waals surface area (Å²) in [5, 5.41) is 13.9. The van der Waals surface area contributed by atoms with E-state index in [-0.39, 0.29) is 12.6 Å². The quantitative estimate of drug-likeness (QED) is 0.879. The highest BCUT2D eigenvalue weighted by Gasteiger charge is 2.23. The molecule has 2 aromatic heterocycles. The van der Waals surface area contributed by atoms with Crippen LogP contribution >= 0.6 is 0 Å². The van der Waals surface area contributed by atoms with E-state index in [2.05, 4.69) is 20.0 Å². The van der Waals surface area contributed by atoms with Crippen molar-refractivity contribution in [3.05, 3.63) is 18.1 Å². The molecule has 0 aliphatic carbocycles. The Kier molecular flexibility index (Phi) is 3.33. The normalized spacial score (nSPS) is 20.7. The Morgan fingerprint density at radius 3 is 3.11 bits per heavy atom. The van der Waals surface area contributed by atoms with Gasteiger partial charge in [0.05, 0.1) is 12.6 Å². The van der Waals surface area contributed by atoms with Crippen LogP contribution in [0, 0.1) is 6.92 Å². The monoisotopic (exact) mass is 261 g/mol. The molecule has 102 valence electrons. The minimum absolute atomic E-state index is 0.164. The third-order valence-electron chi connectivity index (χ3n) is 3.74. The van der Waals surface area contributed by atoms with E-state index in [1.807, 2.05) is 13.0 Å². The minimum Gasteiger partial charge on any atom is -0.394 e. The van der Waals surface area contributed by atoms with Crippen LogP contribution in [0.4, 0.5) is 5.82 Å². The molecule has 1 saturated heterocycles. The van der Waals surface area contributed by atoms with Crippen LogP contribution in [0.5, 0.6) is 0 Å². The number of rotatable bonds is 2. The Morgan fingerprint density at radius 1 is 1.37 bits per heavy atom. The fraction of sp³-hybridized carbons (Fsp3) is 0.615. The van der Waals surface area contributed by atoms with Gasteiger partial charge in [0.25, 0.3) is 5.78 Å². The number of aryl methyl sites for hydroxylation is 1. The van der Waals surface area contributed by atoms with E-state index in [0.717, 1.165) is 30.9 Å². The Hall–Kier alpha value is -1.69. The second-order valence-corrected chi connectivity index (χ2v) is 5.11. The summed E-state index contributed by atoms with van der Waals surface area (Å²) in [7, 11) is 0. The zero-order valence-corrected chi connectivity index (χ0v) is 11.2. The molecule has 0 bridgehead atoms. The second-order valence-electron chi connectivity index (χ2n) is 5.11. The van der Waals surface area contributed by atoms with Crippen molar-refractivity contribution in [3.63, 3.8) is 0 Å². The third-order valence-corrected chi connectivity index (χ3v) is 3.74. The lowest BCUT2D eigenvalue weighted by atomic mass is 10.1. The average Bonchev–Trinajstić information content (AvgIpc) is 2.74. The lowest BCUT2D eigenvalue weighted by molar-refractivity contribution is 0.254. The van der Waals surface area contributed by atoms with Crippen LogP contribution in [0.3, 0.4) is 0 Å². The molecule has 1 aliphatic heterocycles. The van der Waals surface area contributed by atoms with E-state index in [4.69, 9.17) is 0 Å². The SMILES string of the molecule is Cc1cc(N2CCCCCC2CO)n2ncnc2n1. The molecule has 0 saturated carbocycles. The summed E-state index contributed by atoms with van der Waals surface area (Å²) in [6, 6.07) is 2.19. The summed E-state index contributed by atoms with van der Waals surface area (Å²) < 4.78 is 1.76. The van der Waals surface area contributed by atoms with Gasteiger partial charge in [-0.3, -0.25) is 0 Å². The van der Waals surface area contributed by atoms with E-state index >= 15 is 0 Å². The molecule has 2 aromatic rings. The summed E-state index contributed by atoms with van der Waals surface area (Å²) in [6.45, 7) is 3.09. The summed E-state index contributed by atoms with van der Waals surface area (Å²) in [6.07, 6.45) is 6.09. The molecule has 0 amide bonds. The number of anilines is 1. The van der Waals surface area contributed by atoms with E-state index in [0.29, 0.717) is 5.78 Å². The van der Waals surface area contributed by atoms with Crippen molar-refractivity contribution >= 4 is 11.6 Å². The zero-order chi connectivity index (χ0) is 13.2. The first-order chi connectivity index (χ1) is 9.29. The van der Waals surface area contributed by atoms with Crippen LogP contribution in [-0.2, 0) is 0 Å². The van der Waals surface area contributed by atoms with Gasteiger partial charge in [-0.1, -0.05) is 12.8 Å². The maximum atomic E-state index is 9.64. The van der Waals surface area contributed by atoms with Crippen LogP contribution < -0.4 is 4.90 Å². The number of aliphatic hydroxyl groups excluding tert-OH is 1. The Morgan fingerprint density at radius 2 is 2.26 bits per heavy atom. The fourth-order valence-electron chi connectivity index (χ4n) is 2.78. The molecule has 19 heavy (non-hydrogen) atoms. The first-order valence-corrected chi connectivity index (χ1v) is 6.84. The Bertz CT molecular complexity index is 567. The average molecular weight is 261 g/mol.